The Morgan fingerprint density at radius 3 is 2.46 bits per heavy atom. The number of anilines is 1. The summed E-state index contributed by atoms with van der Waals surface area (Å²) in [5.41, 5.74) is 3.01. The minimum atomic E-state index is -0.356. The van der Waals surface area contributed by atoms with Gasteiger partial charge in [0, 0.05) is 19.6 Å². The van der Waals surface area contributed by atoms with Gasteiger partial charge >= 0.3 is 5.97 Å². The Hall–Kier alpha value is -2.53. The lowest BCUT2D eigenvalue weighted by Crippen LogP contribution is -2.33. The number of rotatable bonds is 6. The molecule has 1 aliphatic rings. The summed E-state index contributed by atoms with van der Waals surface area (Å²) in [6, 6.07) is 12.7. The molecule has 28 heavy (non-hydrogen) atoms. The van der Waals surface area contributed by atoms with Gasteiger partial charge in [-0.3, -0.25) is 4.79 Å². The van der Waals surface area contributed by atoms with Crippen molar-refractivity contribution in [2.45, 2.75) is 25.7 Å². The summed E-state index contributed by atoms with van der Waals surface area (Å²) in [4.78, 5) is 26.5. The highest BCUT2D eigenvalue weighted by Crippen LogP contribution is 2.32. The topological polar surface area (TPSA) is 58.6 Å². The largest absolute Gasteiger partial charge is 0.465 e. The molecule has 1 heterocycles. The number of nitrogens with one attached hydrogen (secondary N) is 1. The number of carbonyl (C=O) groups is 2. The predicted octanol–water partition coefficient (Wildman–Crippen LogP) is 4.09. The van der Waals surface area contributed by atoms with Crippen molar-refractivity contribution in [3.63, 3.8) is 0 Å². The standard InChI is InChI=1S/C22H25ClN2O3/c1-28-22(27)17-10-8-16(9-11-17)12-13-24-21(26)18-6-5-7-19(23)20(18)25-14-3-2-4-15-25/h5-11H,2-4,12-15H2,1H3,(H,24,26). The third kappa shape index (κ3) is 4.84. The average molecular weight is 401 g/mol. The summed E-state index contributed by atoms with van der Waals surface area (Å²) in [6.07, 6.45) is 4.13. The summed E-state index contributed by atoms with van der Waals surface area (Å²) in [6.45, 7) is 2.36. The van der Waals surface area contributed by atoms with E-state index in [0.29, 0.717) is 29.1 Å². The van der Waals surface area contributed by atoms with Crippen molar-refractivity contribution in [1.29, 1.82) is 0 Å². The number of piperidine rings is 1. The Labute approximate surface area is 170 Å². The van der Waals surface area contributed by atoms with Gasteiger partial charge in [-0.2, -0.15) is 0 Å². The van der Waals surface area contributed by atoms with Crippen LogP contribution in [0.4, 0.5) is 5.69 Å². The Balaban J connectivity index is 1.62. The number of esters is 1. The molecule has 1 fully saturated rings. The Kier molecular flexibility index (Phi) is 6.93. The number of amides is 1. The van der Waals surface area contributed by atoms with E-state index in [1.807, 2.05) is 30.3 Å². The van der Waals surface area contributed by atoms with Crippen LogP contribution in [0.3, 0.4) is 0 Å². The van der Waals surface area contributed by atoms with Gasteiger partial charge in [0.1, 0.15) is 0 Å². The van der Waals surface area contributed by atoms with E-state index in [2.05, 4.69) is 10.2 Å². The second-order valence-electron chi connectivity index (χ2n) is 6.88. The van der Waals surface area contributed by atoms with Crippen LogP contribution in [0.2, 0.25) is 5.02 Å². The van der Waals surface area contributed by atoms with Crippen LogP contribution < -0.4 is 10.2 Å². The Morgan fingerprint density at radius 1 is 1.07 bits per heavy atom. The first-order chi connectivity index (χ1) is 13.6. The molecule has 0 unspecified atom stereocenters. The minimum absolute atomic E-state index is 0.116. The highest BCUT2D eigenvalue weighted by Gasteiger charge is 2.21. The molecule has 148 valence electrons. The molecule has 1 aliphatic heterocycles. The second kappa shape index (κ2) is 9.60. The molecule has 0 bridgehead atoms. The molecule has 1 saturated heterocycles. The molecule has 0 spiro atoms. The number of ether oxygens (including phenoxy) is 1. The molecule has 0 saturated carbocycles. The Bertz CT molecular complexity index is 830. The van der Waals surface area contributed by atoms with Crippen LogP contribution in [0.1, 0.15) is 45.5 Å². The molecular formula is C22H25ClN2O3. The maximum absolute atomic E-state index is 12.8. The van der Waals surface area contributed by atoms with Crippen LogP contribution in [0.5, 0.6) is 0 Å². The summed E-state index contributed by atoms with van der Waals surface area (Å²) < 4.78 is 4.70. The number of hydrogen-bond donors (Lipinski definition) is 1. The van der Waals surface area contributed by atoms with Crippen LogP contribution in [-0.2, 0) is 11.2 Å². The number of para-hydroxylation sites is 1. The number of nitrogens with zero attached hydrogens (tertiary/aromatic N) is 1. The number of hydrogen-bond acceptors (Lipinski definition) is 4. The quantitative estimate of drug-likeness (QED) is 0.742. The third-order valence-corrected chi connectivity index (χ3v) is 5.28. The maximum atomic E-state index is 12.8. The van der Waals surface area contributed by atoms with E-state index in [1.165, 1.54) is 13.5 Å². The van der Waals surface area contributed by atoms with E-state index < -0.39 is 0 Å². The highest BCUT2D eigenvalue weighted by atomic mass is 35.5. The van der Waals surface area contributed by atoms with E-state index in [-0.39, 0.29) is 11.9 Å². The van der Waals surface area contributed by atoms with Gasteiger partial charge in [0.05, 0.1) is 28.9 Å². The number of methoxy groups -OCH3 is 1. The summed E-state index contributed by atoms with van der Waals surface area (Å²) in [5.74, 6) is -0.472. The molecule has 0 atom stereocenters. The molecule has 1 amide bonds. The lowest BCUT2D eigenvalue weighted by atomic mass is 10.1. The zero-order valence-corrected chi connectivity index (χ0v) is 16.8. The van der Waals surface area contributed by atoms with Crippen molar-refractivity contribution in [2.75, 3.05) is 31.6 Å². The van der Waals surface area contributed by atoms with E-state index in [1.54, 1.807) is 12.1 Å². The monoisotopic (exact) mass is 400 g/mol. The first-order valence-corrected chi connectivity index (χ1v) is 9.97. The van der Waals surface area contributed by atoms with Crippen molar-refractivity contribution in [1.82, 2.24) is 5.32 Å². The number of benzene rings is 2. The molecule has 5 nitrogen and oxygen atoms in total. The SMILES string of the molecule is COC(=O)c1ccc(CCNC(=O)c2cccc(Cl)c2N2CCCCC2)cc1. The van der Waals surface area contributed by atoms with Crippen molar-refractivity contribution >= 4 is 29.2 Å². The second-order valence-corrected chi connectivity index (χ2v) is 7.29. The van der Waals surface area contributed by atoms with Crippen molar-refractivity contribution in [3.05, 3.63) is 64.2 Å². The molecule has 0 aliphatic carbocycles. The minimum Gasteiger partial charge on any atom is -0.465 e. The van der Waals surface area contributed by atoms with E-state index >= 15 is 0 Å². The smallest absolute Gasteiger partial charge is 0.337 e. The molecule has 2 aromatic carbocycles. The van der Waals surface area contributed by atoms with Gasteiger partial charge in [0.25, 0.3) is 5.91 Å². The molecule has 0 aromatic heterocycles. The molecular weight excluding hydrogens is 376 g/mol. The van der Waals surface area contributed by atoms with E-state index in [0.717, 1.165) is 37.2 Å². The van der Waals surface area contributed by atoms with Gasteiger partial charge in [-0.15, -0.1) is 0 Å². The van der Waals surface area contributed by atoms with Crippen molar-refractivity contribution in [2.24, 2.45) is 0 Å². The van der Waals surface area contributed by atoms with Crippen LogP contribution in [0, 0.1) is 0 Å². The number of halogens is 1. The third-order valence-electron chi connectivity index (χ3n) is 4.98. The van der Waals surface area contributed by atoms with Crippen molar-refractivity contribution in [3.8, 4) is 0 Å². The lowest BCUT2D eigenvalue weighted by Gasteiger charge is -2.31. The normalized spacial score (nSPS) is 13.9. The zero-order valence-electron chi connectivity index (χ0n) is 16.0. The van der Waals surface area contributed by atoms with E-state index in [9.17, 15) is 9.59 Å². The van der Waals surface area contributed by atoms with Gasteiger partial charge in [-0.05, 0) is 55.5 Å². The highest BCUT2D eigenvalue weighted by molar-refractivity contribution is 6.34. The van der Waals surface area contributed by atoms with Gasteiger partial charge in [0.15, 0.2) is 0 Å². The van der Waals surface area contributed by atoms with Gasteiger partial charge in [-0.25, -0.2) is 4.79 Å². The predicted molar refractivity (Wildman–Crippen MR) is 111 cm³/mol. The van der Waals surface area contributed by atoms with Crippen LogP contribution in [0.25, 0.3) is 0 Å². The van der Waals surface area contributed by atoms with Gasteiger partial charge < -0.3 is 15.0 Å². The first-order valence-electron chi connectivity index (χ1n) is 9.59. The number of carbonyl (C=O) groups excluding carboxylic acids is 2. The fraction of sp³-hybridized carbons (Fsp3) is 0.364. The fourth-order valence-electron chi connectivity index (χ4n) is 3.48. The van der Waals surface area contributed by atoms with E-state index in [4.69, 9.17) is 16.3 Å². The van der Waals surface area contributed by atoms with Crippen LogP contribution in [-0.4, -0.2) is 38.6 Å². The molecule has 1 N–H and O–H groups in total. The molecule has 0 radical (unpaired) electrons. The average Bonchev–Trinajstić information content (AvgIpc) is 2.74. The summed E-state index contributed by atoms with van der Waals surface area (Å²) >= 11 is 6.43. The van der Waals surface area contributed by atoms with Gasteiger partial charge in [0.2, 0.25) is 0 Å². The summed E-state index contributed by atoms with van der Waals surface area (Å²) in [7, 11) is 1.36. The summed E-state index contributed by atoms with van der Waals surface area (Å²) in [5, 5.41) is 3.61. The van der Waals surface area contributed by atoms with Crippen LogP contribution in [0.15, 0.2) is 42.5 Å². The molecule has 2 aromatic rings. The fourth-order valence-corrected chi connectivity index (χ4v) is 3.77. The molecule has 3 rings (SSSR count). The maximum Gasteiger partial charge on any atom is 0.337 e. The molecule has 6 heteroatoms. The van der Waals surface area contributed by atoms with Gasteiger partial charge in [-0.1, -0.05) is 29.8 Å². The lowest BCUT2D eigenvalue weighted by molar-refractivity contribution is 0.0600. The zero-order chi connectivity index (χ0) is 19.9. The van der Waals surface area contributed by atoms with Crippen LogP contribution >= 0.6 is 11.6 Å². The Morgan fingerprint density at radius 2 is 1.79 bits per heavy atom. The first kappa shape index (κ1) is 20.2. The van der Waals surface area contributed by atoms with Crippen molar-refractivity contribution < 1.29 is 14.3 Å².